The fourth-order valence-corrected chi connectivity index (χ4v) is 1.85. The van der Waals surface area contributed by atoms with Gasteiger partial charge in [0.15, 0.2) is 0 Å². The zero-order valence-corrected chi connectivity index (χ0v) is 11.7. The van der Waals surface area contributed by atoms with Gasteiger partial charge in [-0.1, -0.05) is 0 Å². The first kappa shape index (κ1) is 15.1. The first-order valence-electron chi connectivity index (χ1n) is 6.75. The van der Waals surface area contributed by atoms with E-state index in [1.807, 2.05) is 17.8 Å². The lowest BCUT2D eigenvalue weighted by molar-refractivity contribution is 0.140. The predicted octanol–water partition coefficient (Wildman–Crippen LogP) is 1.66. The number of rotatable bonds is 9. The number of nitrogens with zero attached hydrogens (tertiary/aromatic N) is 2. The van der Waals surface area contributed by atoms with Crippen molar-refractivity contribution in [2.24, 2.45) is 5.84 Å². The van der Waals surface area contributed by atoms with E-state index in [9.17, 15) is 0 Å². The van der Waals surface area contributed by atoms with Crippen LogP contribution in [0.5, 0.6) is 0 Å². The summed E-state index contributed by atoms with van der Waals surface area (Å²) in [5, 5.41) is 4.53. The van der Waals surface area contributed by atoms with Crippen LogP contribution in [0.3, 0.4) is 0 Å². The number of hydrazine groups is 1. The van der Waals surface area contributed by atoms with Crippen molar-refractivity contribution in [2.75, 3.05) is 13.2 Å². The van der Waals surface area contributed by atoms with Gasteiger partial charge in [-0.2, -0.15) is 5.10 Å². The summed E-state index contributed by atoms with van der Waals surface area (Å²) in [4.78, 5) is 0. The Hall–Kier alpha value is -0.910. The predicted molar refractivity (Wildman–Crippen MR) is 73.2 cm³/mol. The average Bonchev–Trinajstić information content (AvgIpc) is 2.81. The molecule has 1 heterocycles. The van der Waals surface area contributed by atoms with Crippen LogP contribution in [0.2, 0.25) is 0 Å². The standard InChI is InChI=1S/C13H26N4O/c1-4-18-9-5-6-12(15-14)10-13-7-8-17(16-13)11(2)3/h7-8,11-12,15H,4-6,9-10,14H2,1-3H3. The molecule has 0 aliphatic rings. The lowest BCUT2D eigenvalue weighted by Crippen LogP contribution is -2.37. The molecule has 0 saturated carbocycles. The van der Waals surface area contributed by atoms with Crippen LogP contribution >= 0.6 is 0 Å². The number of hydrogen-bond donors (Lipinski definition) is 2. The van der Waals surface area contributed by atoms with Crippen LogP contribution in [0.4, 0.5) is 0 Å². The Bertz CT molecular complexity index is 325. The Morgan fingerprint density at radius 3 is 2.83 bits per heavy atom. The number of aromatic nitrogens is 2. The van der Waals surface area contributed by atoms with Crippen LogP contribution in [-0.2, 0) is 11.2 Å². The van der Waals surface area contributed by atoms with Gasteiger partial charge in [0, 0.05) is 37.9 Å². The minimum atomic E-state index is 0.265. The van der Waals surface area contributed by atoms with Crippen LogP contribution in [0.15, 0.2) is 12.3 Å². The summed E-state index contributed by atoms with van der Waals surface area (Å²) in [6.07, 6.45) is 4.91. The van der Waals surface area contributed by atoms with Gasteiger partial charge in [-0.25, -0.2) is 0 Å². The van der Waals surface area contributed by atoms with Crippen LogP contribution in [0, 0.1) is 0 Å². The van der Waals surface area contributed by atoms with Gasteiger partial charge in [-0.05, 0) is 39.7 Å². The van der Waals surface area contributed by atoms with Gasteiger partial charge in [-0.3, -0.25) is 16.0 Å². The Morgan fingerprint density at radius 2 is 2.28 bits per heavy atom. The van der Waals surface area contributed by atoms with Crippen LogP contribution < -0.4 is 11.3 Å². The quantitative estimate of drug-likeness (QED) is 0.399. The molecule has 3 N–H and O–H groups in total. The monoisotopic (exact) mass is 254 g/mol. The van der Waals surface area contributed by atoms with E-state index in [2.05, 4.69) is 30.4 Å². The molecule has 0 aliphatic carbocycles. The molecule has 5 heteroatoms. The largest absolute Gasteiger partial charge is 0.382 e. The van der Waals surface area contributed by atoms with Crippen LogP contribution in [0.1, 0.15) is 45.3 Å². The summed E-state index contributed by atoms with van der Waals surface area (Å²) in [6, 6.07) is 2.73. The molecule has 104 valence electrons. The maximum atomic E-state index is 5.58. The van der Waals surface area contributed by atoms with Crippen molar-refractivity contribution in [3.8, 4) is 0 Å². The van der Waals surface area contributed by atoms with E-state index in [4.69, 9.17) is 10.6 Å². The highest BCUT2D eigenvalue weighted by Crippen LogP contribution is 2.08. The van der Waals surface area contributed by atoms with E-state index in [1.54, 1.807) is 0 Å². The Kier molecular flexibility index (Phi) is 6.93. The molecule has 5 nitrogen and oxygen atoms in total. The minimum Gasteiger partial charge on any atom is -0.382 e. The molecule has 0 bridgehead atoms. The van der Waals surface area contributed by atoms with E-state index in [0.29, 0.717) is 6.04 Å². The van der Waals surface area contributed by atoms with Crippen molar-refractivity contribution in [1.82, 2.24) is 15.2 Å². The first-order chi connectivity index (χ1) is 8.67. The number of nitrogens with two attached hydrogens (primary N) is 1. The molecule has 1 aromatic rings. The van der Waals surface area contributed by atoms with Gasteiger partial charge in [0.05, 0.1) is 5.69 Å². The number of ether oxygens (including phenoxy) is 1. The molecule has 1 rings (SSSR count). The summed E-state index contributed by atoms with van der Waals surface area (Å²) in [5.41, 5.74) is 3.95. The van der Waals surface area contributed by atoms with Gasteiger partial charge in [0.25, 0.3) is 0 Å². The normalized spacial score (nSPS) is 13.2. The van der Waals surface area contributed by atoms with Gasteiger partial charge in [0.2, 0.25) is 0 Å². The molecule has 0 amide bonds. The Balaban J connectivity index is 2.36. The van der Waals surface area contributed by atoms with Gasteiger partial charge < -0.3 is 4.74 Å². The minimum absolute atomic E-state index is 0.265. The molecule has 18 heavy (non-hydrogen) atoms. The van der Waals surface area contributed by atoms with Crippen molar-refractivity contribution in [1.29, 1.82) is 0 Å². The number of nitrogens with one attached hydrogen (secondary N) is 1. The van der Waals surface area contributed by atoms with Crippen LogP contribution in [0.25, 0.3) is 0 Å². The first-order valence-corrected chi connectivity index (χ1v) is 6.75. The molecule has 0 spiro atoms. The molecule has 0 aliphatic heterocycles. The smallest absolute Gasteiger partial charge is 0.0640 e. The summed E-state index contributed by atoms with van der Waals surface area (Å²) in [6.45, 7) is 7.83. The molecule has 0 saturated heterocycles. The Morgan fingerprint density at radius 1 is 1.50 bits per heavy atom. The third-order valence-electron chi connectivity index (χ3n) is 2.93. The maximum Gasteiger partial charge on any atom is 0.0640 e. The second kappa shape index (κ2) is 8.24. The van der Waals surface area contributed by atoms with E-state index in [0.717, 1.165) is 38.2 Å². The zero-order valence-electron chi connectivity index (χ0n) is 11.7. The van der Waals surface area contributed by atoms with Gasteiger partial charge in [0.1, 0.15) is 0 Å². The van der Waals surface area contributed by atoms with Gasteiger partial charge >= 0.3 is 0 Å². The molecule has 0 radical (unpaired) electrons. The molecule has 0 aromatic carbocycles. The highest BCUT2D eigenvalue weighted by molar-refractivity contribution is 5.01. The van der Waals surface area contributed by atoms with Crippen molar-refractivity contribution in [3.63, 3.8) is 0 Å². The van der Waals surface area contributed by atoms with Crippen molar-refractivity contribution < 1.29 is 4.74 Å². The second-order valence-corrected chi connectivity index (χ2v) is 4.79. The van der Waals surface area contributed by atoms with Gasteiger partial charge in [-0.15, -0.1) is 0 Å². The van der Waals surface area contributed by atoms with Crippen molar-refractivity contribution in [2.45, 2.75) is 52.1 Å². The summed E-state index contributed by atoms with van der Waals surface area (Å²) < 4.78 is 7.30. The van der Waals surface area contributed by atoms with Crippen molar-refractivity contribution in [3.05, 3.63) is 18.0 Å². The topological polar surface area (TPSA) is 65.1 Å². The van der Waals surface area contributed by atoms with Crippen LogP contribution in [-0.4, -0.2) is 29.0 Å². The second-order valence-electron chi connectivity index (χ2n) is 4.79. The van der Waals surface area contributed by atoms with E-state index >= 15 is 0 Å². The summed E-state index contributed by atoms with van der Waals surface area (Å²) in [5.74, 6) is 5.58. The molecule has 1 atom stereocenters. The summed E-state index contributed by atoms with van der Waals surface area (Å²) in [7, 11) is 0. The highest BCUT2D eigenvalue weighted by atomic mass is 16.5. The molecular formula is C13H26N4O. The SMILES string of the molecule is CCOCCCC(Cc1ccn(C(C)C)n1)NN. The van der Waals surface area contributed by atoms with E-state index < -0.39 is 0 Å². The average molecular weight is 254 g/mol. The summed E-state index contributed by atoms with van der Waals surface area (Å²) >= 11 is 0. The lowest BCUT2D eigenvalue weighted by Gasteiger charge is -2.14. The third-order valence-corrected chi connectivity index (χ3v) is 2.93. The molecule has 1 aromatic heterocycles. The third kappa shape index (κ3) is 5.16. The van der Waals surface area contributed by atoms with Crippen molar-refractivity contribution >= 4 is 0 Å². The van der Waals surface area contributed by atoms with E-state index in [1.165, 1.54) is 0 Å². The highest BCUT2D eigenvalue weighted by Gasteiger charge is 2.10. The fraction of sp³-hybridized carbons (Fsp3) is 0.769. The zero-order chi connectivity index (χ0) is 13.4. The molecule has 1 unspecified atom stereocenters. The number of hydrogen-bond acceptors (Lipinski definition) is 4. The Labute approximate surface area is 110 Å². The lowest BCUT2D eigenvalue weighted by atomic mass is 10.1. The van der Waals surface area contributed by atoms with E-state index in [-0.39, 0.29) is 6.04 Å². The molecular weight excluding hydrogens is 228 g/mol. The molecule has 0 fully saturated rings. The maximum absolute atomic E-state index is 5.58. The fourth-order valence-electron chi connectivity index (χ4n) is 1.85.